The molecule has 0 aromatic heterocycles. The lowest BCUT2D eigenvalue weighted by molar-refractivity contribution is 0.103. The van der Waals surface area contributed by atoms with E-state index >= 15 is 0 Å². The smallest absolute Gasteiger partial charge is 0.141 e. The highest BCUT2D eigenvalue weighted by molar-refractivity contribution is 5.58. The first-order valence-electron chi connectivity index (χ1n) is 7.13. The summed E-state index contributed by atoms with van der Waals surface area (Å²) in [7, 11) is 1.68. The van der Waals surface area contributed by atoms with Crippen LogP contribution in [0.1, 0.15) is 33.1 Å². The molecule has 1 aliphatic carbocycles. The van der Waals surface area contributed by atoms with Crippen LogP contribution in [0, 0.1) is 11.8 Å². The Morgan fingerprint density at radius 3 is 2.74 bits per heavy atom. The van der Waals surface area contributed by atoms with Crippen LogP contribution in [-0.2, 0) is 0 Å². The number of aliphatic hydroxyl groups excluding tert-OH is 1. The molecule has 0 spiro atoms. The molecule has 3 nitrogen and oxygen atoms in total. The molecule has 3 heteroatoms. The normalized spacial score (nSPS) is 30.9. The van der Waals surface area contributed by atoms with Gasteiger partial charge in [-0.05, 0) is 36.8 Å². The maximum atomic E-state index is 9.95. The van der Waals surface area contributed by atoms with Gasteiger partial charge in [0, 0.05) is 0 Å². The van der Waals surface area contributed by atoms with Gasteiger partial charge in [0.25, 0.3) is 0 Å². The van der Waals surface area contributed by atoms with Gasteiger partial charge >= 0.3 is 0 Å². The highest BCUT2D eigenvalue weighted by Crippen LogP contribution is 2.40. The van der Waals surface area contributed by atoms with Gasteiger partial charge in [0.1, 0.15) is 5.75 Å². The van der Waals surface area contributed by atoms with Crippen LogP contribution < -0.4 is 10.1 Å². The van der Waals surface area contributed by atoms with Gasteiger partial charge in [0.15, 0.2) is 0 Å². The van der Waals surface area contributed by atoms with Crippen molar-refractivity contribution < 1.29 is 9.84 Å². The van der Waals surface area contributed by atoms with Crippen LogP contribution >= 0.6 is 0 Å². The Morgan fingerprint density at radius 1 is 1.32 bits per heavy atom. The summed E-state index contributed by atoms with van der Waals surface area (Å²) in [6.07, 6.45) is 3.41. The van der Waals surface area contributed by atoms with Crippen molar-refractivity contribution in [1.82, 2.24) is 0 Å². The van der Waals surface area contributed by atoms with Crippen LogP contribution in [0.5, 0.6) is 5.75 Å². The molecule has 1 aliphatic rings. The summed E-state index contributed by atoms with van der Waals surface area (Å²) in [4.78, 5) is 0. The highest BCUT2D eigenvalue weighted by Gasteiger charge is 2.40. The van der Waals surface area contributed by atoms with Crippen molar-refractivity contribution in [3.8, 4) is 5.75 Å². The lowest BCUT2D eigenvalue weighted by Crippen LogP contribution is -2.51. The van der Waals surface area contributed by atoms with Gasteiger partial charge in [-0.15, -0.1) is 0 Å². The Morgan fingerprint density at radius 2 is 2.05 bits per heavy atom. The minimum absolute atomic E-state index is 0.163. The third-order valence-corrected chi connectivity index (χ3v) is 4.52. The largest absolute Gasteiger partial charge is 0.495 e. The number of hydrogen-bond donors (Lipinski definition) is 2. The summed E-state index contributed by atoms with van der Waals surface area (Å²) in [6, 6.07) is 7.92. The lowest BCUT2D eigenvalue weighted by Gasteiger charge is -2.45. The van der Waals surface area contributed by atoms with Gasteiger partial charge in [-0.2, -0.15) is 0 Å². The van der Waals surface area contributed by atoms with Crippen LogP contribution in [0.4, 0.5) is 5.69 Å². The number of ether oxygens (including phenoxy) is 1. The zero-order chi connectivity index (χ0) is 13.9. The van der Waals surface area contributed by atoms with Crippen molar-refractivity contribution in [2.75, 3.05) is 19.0 Å². The summed E-state index contributed by atoms with van der Waals surface area (Å²) >= 11 is 0. The van der Waals surface area contributed by atoms with Crippen molar-refractivity contribution in [3.63, 3.8) is 0 Å². The zero-order valence-electron chi connectivity index (χ0n) is 12.1. The number of rotatable bonds is 4. The molecule has 0 heterocycles. The second kappa shape index (κ2) is 5.83. The first-order chi connectivity index (χ1) is 9.11. The van der Waals surface area contributed by atoms with E-state index in [0.717, 1.165) is 24.3 Å². The lowest BCUT2D eigenvalue weighted by atomic mass is 9.70. The summed E-state index contributed by atoms with van der Waals surface area (Å²) in [5, 5.41) is 13.5. The van der Waals surface area contributed by atoms with Gasteiger partial charge in [-0.3, -0.25) is 0 Å². The van der Waals surface area contributed by atoms with E-state index in [1.807, 2.05) is 24.3 Å². The first kappa shape index (κ1) is 14.2. The molecule has 2 N–H and O–H groups in total. The molecule has 3 atom stereocenters. The second-order valence-electron chi connectivity index (χ2n) is 5.93. The van der Waals surface area contributed by atoms with E-state index in [2.05, 4.69) is 19.2 Å². The highest BCUT2D eigenvalue weighted by atomic mass is 16.5. The molecule has 1 aromatic carbocycles. The number of aliphatic hydroxyl groups is 1. The van der Waals surface area contributed by atoms with Crippen LogP contribution in [0.3, 0.4) is 0 Å². The first-order valence-corrected chi connectivity index (χ1v) is 7.13. The van der Waals surface area contributed by atoms with Crippen LogP contribution in [0.2, 0.25) is 0 Å². The maximum Gasteiger partial charge on any atom is 0.141 e. The molecule has 0 saturated heterocycles. The average Bonchev–Trinajstić information content (AvgIpc) is 2.43. The van der Waals surface area contributed by atoms with Crippen LogP contribution in [-0.4, -0.2) is 24.4 Å². The molecule has 1 saturated carbocycles. The Kier molecular flexibility index (Phi) is 4.35. The summed E-state index contributed by atoms with van der Waals surface area (Å²) < 4.78 is 5.39. The van der Waals surface area contributed by atoms with Gasteiger partial charge in [-0.1, -0.05) is 32.4 Å². The van der Waals surface area contributed by atoms with Crippen molar-refractivity contribution in [2.24, 2.45) is 11.8 Å². The van der Waals surface area contributed by atoms with Gasteiger partial charge in [-0.25, -0.2) is 0 Å². The molecular formula is C16H25NO2. The van der Waals surface area contributed by atoms with Crippen molar-refractivity contribution in [1.29, 1.82) is 0 Å². The fourth-order valence-electron chi connectivity index (χ4n) is 3.19. The summed E-state index contributed by atoms with van der Waals surface area (Å²) in [5.41, 5.74) is 0.742. The minimum Gasteiger partial charge on any atom is -0.495 e. The Labute approximate surface area is 116 Å². The van der Waals surface area contributed by atoms with Gasteiger partial charge < -0.3 is 15.2 Å². The third-order valence-electron chi connectivity index (χ3n) is 4.52. The number of anilines is 1. The van der Waals surface area contributed by atoms with E-state index in [1.165, 1.54) is 6.42 Å². The molecule has 1 fully saturated rings. The Bertz CT molecular complexity index is 421. The number of para-hydroxylation sites is 2. The summed E-state index contributed by atoms with van der Waals surface area (Å²) in [5.74, 6) is 1.94. The molecular weight excluding hydrogens is 238 g/mol. The Balaban J connectivity index is 2.26. The van der Waals surface area contributed by atoms with E-state index in [1.54, 1.807) is 7.11 Å². The quantitative estimate of drug-likeness (QED) is 0.876. The fourth-order valence-corrected chi connectivity index (χ4v) is 3.19. The number of hydrogen-bond acceptors (Lipinski definition) is 3. The second-order valence-corrected chi connectivity index (χ2v) is 5.93. The van der Waals surface area contributed by atoms with E-state index < -0.39 is 0 Å². The van der Waals surface area contributed by atoms with Crippen molar-refractivity contribution >= 4 is 5.69 Å². The molecule has 0 radical (unpaired) electrons. The predicted molar refractivity (Wildman–Crippen MR) is 78.6 cm³/mol. The molecule has 106 valence electrons. The number of benzene rings is 1. The van der Waals surface area contributed by atoms with E-state index in [-0.39, 0.29) is 12.1 Å². The molecule has 19 heavy (non-hydrogen) atoms. The van der Waals surface area contributed by atoms with E-state index in [0.29, 0.717) is 11.8 Å². The van der Waals surface area contributed by atoms with Gasteiger partial charge in [0.2, 0.25) is 0 Å². The molecule has 2 rings (SSSR count). The molecule has 0 bridgehead atoms. The number of nitrogens with one attached hydrogen (secondary N) is 1. The van der Waals surface area contributed by atoms with E-state index in [4.69, 9.17) is 4.74 Å². The van der Waals surface area contributed by atoms with Crippen LogP contribution in [0.25, 0.3) is 0 Å². The summed E-state index contributed by atoms with van der Waals surface area (Å²) in [6.45, 7) is 4.65. The maximum absolute atomic E-state index is 9.95. The van der Waals surface area contributed by atoms with Gasteiger partial charge in [0.05, 0.1) is 24.9 Å². The van der Waals surface area contributed by atoms with Crippen molar-refractivity contribution in [3.05, 3.63) is 24.3 Å². The standard InChI is InChI=1S/C16H25NO2/c1-12-8-9-13(2)16(10-12,11-18)17-14-6-4-5-7-15(14)19-3/h4-7,12-13,17-18H,8-11H2,1-3H3. The topological polar surface area (TPSA) is 41.5 Å². The Hall–Kier alpha value is -1.22. The number of methoxy groups -OCH3 is 1. The predicted octanol–water partition coefficient (Wildman–Crippen LogP) is 3.29. The molecule has 0 amide bonds. The van der Waals surface area contributed by atoms with Crippen molar-refractivity contribution in [2.45, 2.75) is 38.6 Å². The molecule has 1 aromatic rings. The molecule has 0 aliphatic heterocycles. The fraction of sp³-hybridized carbons (Fsp3) is 0.625. The SMILES string of the molecule is COc1ccccc1NC1(CO)CC(C)CCC1C. The molecule has 3 unspecified atom stereocenters. The van der Waals surface area contributed by atoms with Crippen LogP contribution in [0.15, 0.2) is 24.3 Å². The third kappa shape index (κ3) is 2.86. The zero-order valence-corrected chi connectivity index (χ0v) is 12.1. The minimum atomic E-state index is -0.230. The average molecular weight is 263 g/mol. The monoisotopic (exact) mass is 263 g/mol. The van der Waals surface area contributed by atoms with E-state index in [9.17, 15) is 5.11 Å².